The molecular formula is C23H26N2O4. The molecule has 3 amide bonds. The minimum atomic E-state index is -1.00. The highest BCUT2D eigenvalue weighted by Crippen LogP contribution is 2.41. The number of hydrogen-bond acceptors (Lipinski definition) is 4. The summed E-state index contributed by atoms with van der Waals surface area (Å²) < 4.78 is 5.79. The van der Waals surface area contributed by atoms with Crippen LogP contribution in [0.2, 0.25) is 0 Å². The number of carbonyl (C=O) groups excluding carboxylic acids is 2. The number of amides is 3. The molecule has 0 unspecified atom stereocenters. The molecule has 0 aromatic heterocycles. The summed E-state index contributed by atoms with van der Waals surface area (Å²) in [4.78, 5) is 26.8. The number of ether oxygens (including phenoxy) is 1. The van der Waals surface area contributed by atoms with E-state index in [4.69, 9.17) is 4.74 Å². The third-order valence-corrected chi connectivity index (χ3v) is 5.79. The Morgan fingerprint density at radius 1 is 1.14 bits per heavy atom. The molecule has 0 saturated carbocycles. The number of benzene rings is 2. The fraction of sp³-hybridized carbons (Fsp3) is 0.391. The molecule has 1 aliphatic heterocycles. The highest BCUT2D eigenvalue weighted by atomic mass is 16.5. The molecule has 4 rings (SSSR count). The monoisotopic (exact) mass is 394 g/mol. The molecule has 2 aliphatic rings. The molecule has 0 radical (unpaired) electrons. The quantitative estimate of drug-likeness (QED) is 0.739. The van der Waals surface area contributed by atoms with Crippen molar-refractivity contribution < 1.29 is 19.4 Å². The first-order valence-corrected chi connectivity index (χ1v) is 10.0. The van der Waals surface area contributed by atoms with Crippen LogP contribution in [0.1, 0.15) is 42.9 Å². The van der Waals surface area contributed by atoms with Gasteiger partial charge in [0.05, 0.1) is 6.54 Å². The van der Waals surface area contributed by atoms with Crippen molar-refractivity contribution in [3.8, 4) is 5.75 Å². The number of imide groups is 1. The van der Waals surface area contributed by atoms with Gasteiger partial charge in [0.15, 0.2) is 0 Å². The minimum absolute atomic E-state index is 0.00435. The largest absolute Gasteiger partial charge is 0.491 e. The van der Waals surface area contributed by atoms with Gasteiger partial charge in [-0.25, -0.2) is 4.79 Å². The van der Waals surface area contributed by atoms with Gasteiger partial charge in [-0.05, 0) is 41.5 Å². The number of β-amino-alcohol motifs (C(OH)–C–C–N with tert-alkyl or cyclic N) is 1. The van der Waals surface area contributed by atoms with E-state index in [1.807, 2.05) is 48.5 Å². The summed E-state index contributed by atoms with van der Waals surface area (Å²) in [6, 6.07) is 14.9. The maximum absolute atomic E-state index is 13.1. The number of urea groups is 1. The maximum atomic E-state index is 13.1. The van der Waals surface area contributed by atoms with E-state index in [9.17, 15) is 14.7 Å². The molecule has 1 aliphatic carbocycles. The molecule has 1 spiro atoms. The van der Waals surface area contributed by atoms with E-state index in [1.165, 1.54) is 0 Å². The number of nitrogens with zero attached hydrogens (tertiary/aromatic N) is 1. The fourth-order valence-electron chi connectivity index (χ4n) is 4.29. The third-order valence-electron chi connectivity index (χ3n) is 5.79. The van der Waals surface area contributed by atoms with Crippen molar-refractivity contribution in [1.29, 1.82) is 0 Å². The van der Waals surface area contributed by atoms with Gasteiger partial charge in [-0.2, -0.15) is 0 Å². The zero-order chi connectivity index (χ0) is 20.6. The molecule has 6 nitrogen and oxygen atoms in total. The van der Waals surface area contributed by atoms with Crippen molar-refractivity contribution in [1.82, 2.24) is 10.2 Å². The van der Waals surface area contributed by atoms with Crippen molar-refractivity contribution in [2.45, 2.75) is 44.2 Å². The Morgan fingerprint density at radius 2 is 1.86 bits per heavy atom. The fourth-order valence-corrected chi connectivity index (χ4v) is 4.29. The van der Waals surface area contributed by atoms with Crippen LogP contribution < -0.4 is 10.1 Å². The van der Waals surface area contributed by atoms with E-state index < -0.39 is 17.7 Å². The first-order chi connectivity index (χ1) is 13.9. The van der Waals surface area contributed by atoms with Gasteiger partial charge in [-0.1, -0.05) is 56.3 Å². The molecular weight excluding hydrogens is 368 g/mol. The second kappa shape index (κ2) is 7.52. The molecule has 6 heteroatoms. The van der Waals surface area contributed by atoms with Gasteiger partial charge >= 0.3 is 6.03 Å². The Kier molecular flexibility index (Phi) is 5.04. The van der Waals surface area contributed by atoms with Gasteiger partial charge in [0, 0.05) is 0 Å². The standard InChI is InChI=1S/C23H26N2O4/c1-15(2)18-8-4-6-10-20(18)29-14-17(26)13-25-21(27)23(24-22(25)28)12-11-16-7-3-5-9-19(16)23/h3-10,15,17,26H,11-14H2,1-2H3,(H,24,28)/t17-,23-/m0/s1. The second-order valence-corrected chi connectivity index (χ2v) is 8.07. The number of hydrogen-bond donors (Lipinski definition) is 2. The van der Waals surface area contributed by atoms with Gasteiger partial charge in [0.2, 0.25) is 0 Å². The lowest BCUT2D eigenvalue weighted by molar-refractivity contribution is -0.132. The van der Waals surface area contributed by atoms with Crippen LogP contribution in [0, 0.1) is 0 Å². The highest BCUT2D eigenvalue weighted by Gasteiger charge is 2.55. The van der Waals surface area contributed by atoms with Crippen LogP contribution in [0.5, 0.6) is 5.75 Å². The Balaban J connectivity index is 1.44. The molecule has 2 aromatic carbocycles. The molecule has 152 valence electrons. The summed E-state index contributed by atoms with van der Waals surface area (Å²) in [6.07, 6.45) is 0.312. The van der Waals surface area contributed by atoms with Crippen LogP contribution in [0.15, 0.2) is 48.5 Å². The van der Waals surface area contributed by atoms with Crippen LogP contribution in [0.4, 0.5) is 4.79 Å². The lowest BCUT2D eigenvalue weighted by Gasteiger charge is -2.23. The number of rotatable bonds is 6. The van der Waals surface area contributed by atoms with Crippen LogP contribution in [-0.4, -0.2) is 41.2 Å². The molecule has 1 fully saturated rings. The molecule has 0 bridgehead atoms. The van der Waals surface area contributed by atoms with Gasteiger partial charge in [-0.3, -0.25) is 9.69 Å². The Labute approximate surface area is 170 Å². The topological polar surface area (TPSA) is 78.9 Å². The SMILES string of the molecule is CC(C)c1ccccc1OC[C@@H](O)CN1C(=O)N[C@]2(CCc3ccccc32)C1=O. The van der Waals surface area contributed by atoms with Gasteiger partial charge in [0.25, 0.3) is 5.91 Å². The van der Waals surface area contributed by atoms with Gasteiger partial charge < -0.3 is 15.2 Å². The number of nitrogens with one attached hydrogen (secondary N) is 1. The van der Waals surface area contributed by atoms with Gasteiger partial charge in [-0.15, -0.1) is 0 Å². The van der Waals surface area contributed by atoms with E-state index in [1.54, 1.807) is 0 Å². The van der Waals surface area contributed by atoms with Gasteiger partial charge in [0.1, 0.15) is 24.0 Å². The van der Waals surface area contributed by atoms with Crippen LogP contribution >= 0.6 is 0 Å². The number of aliphatic hydroxyl groups is 1. The number of para-hydroxylation sites is 1. The van der Waals surface area contributed by atoms with E-state index >= 15 is 0 Å². The van der Waals surface area contributed by atoms with Crippen molar-refractivity contribution >= 4 is 11.9 Å². The summed E-state index contributed by atoms with van der Waals surface area (Å²) in [6.45, 7) is 4.05. The Bertz CT molecular complexity index is 942. The third kappa shape index (κ3) is 3.38. The molecule has 2 atom stereocenters. The minimum Gasteiger partial charge on any atom is -0.491 e. The van der Waals surface area contributed by atoms with E-state index in [0.29, 0.717) is 12.2 Å². The predicted molar refractivity (Wildman–Crippen MR) is 109 cm³/mol. The number of aliphatic hydroxyl groups excluding tert-OH is 1. The van der Waals surface area contributed by atoms with E-state index in [0.717, 1.165) is 28.0 Å². The molecule has 2 N–H and O–H groups in total. The number of carbonyl (C=O) groups is 2. The Morgan fingerprint density at radius 3 is 2.66 bits per heavy atom. The normalized spacial score (nSPS) is 21.6. The molecule has 1 saturated heterocycles. The summed E-state index contributed by atoms with van der Waals surface area (Å²) in [7, 11) is 0. The summed E-state index contributed by atoms with van der Waals surface area (Å²) >= 11 is 0. The summed E-state index contributed by atoms with van der Waals surface area (Å²) in [5, 5.41) is 13.3. The summed E-state index contributed by atoms with van der Waals surface area (Å²) in [5.74, 6) is 0.700. The van der Waals surface area contributed by atoms with E-state index in [2.05, 4.69) is 19.2 Å². The zero-order valence-electron chi connectivity index (χ0n) is 16.7. The van der Waals surface area contributed by atoms with Crippen molar-refractivity contribution in [2.75, 3.05) is 13.2 Å². The van der Waals surface area contributed by atoms with Crippen LogP contribution in [0.3, 0.4) is 0 Å². The smallest absolute Gasteiger partial charge is 0.325 e. The van der Waals surface area contributed by atoms with Crippen LogP contribution in [0.25, 0.3) is 0 Å². The Hall–Kier alpha value is -2.86. The average Bonchev–Trinajstić information content (AvgIpc) is 3.20. The first kappa shape index (κ1) is 19.5. The lowest BCUT2D eigenvalue weighted by Crippen LogP contribution is -2.43. The van der Waals surface area contributed by atoms with Crippen molar-refractivity contribution in [3.63, 3.8) is 0 Å². The van der Waals surface area contributed by atoms with Crippen molar-refractivity contribution in [2.24, 2.45) is 0 Å². The molecule has 1 heterocycles. The lowest BCUT2D eigenvalue weighted by atomic mass is 9.92. The predicted octanol–water partition coefficient (Wildman–Crippen LogP) is 2.94. The highest BCUT2D eigenvalue weighted by molar-refractivity contribution is 6.08. The van der Waals surface area contributed by atoms with Crippen molar-refractivity contribution in [3.05, 3.63) is 65.2 Å². The molecule has 2 aromatic rings. The first-order valence-electron chi connectivity index (χ1n) is 10.0. The van der Waals surface area contributed by atoms with Crippen LogP contribution in [-0.2, 0) is 16.8 Å². The summed E-state index contributed by atoms with van der Waals surface area (Å²) in [5.41, 5.74) is 1.99. The number of aryl methyl sites for hydroxylation is 1. The van der Waals surface area contributed by atoms with E-state index in [-0.39, 0.29) is 25.0 Å². The zero-order valence-corrected chi connectivity index (χ0v) is 16.7. The molecule has 29 heavy (non-hydrogen) atoms. The second-order valence-electron chi connectivity index (χ2n) is 8.07. The number of fused-ring (bicyclic) bond motifs is 2. The average molecular weight is 394 g/mol. The maximum Gasteiger partial charge on any atom is 0.325 e.